The van der Waals surface area contributed by atoms with Gasteiger partial charge in [0.25, 0.3) is 0 Å². The van der Waals surface area contributed by atoms with E-state index in [1.807, 2.05) is 0 Å². The molecule has 2 unspecified atom stereocenters. The van der Waals surface area contributed by atoms with Crippen LogP contribution in [0.1, 0.15) is 32.1 Å². The molecule has 0 aromatic carbocycles. The summed E-state index contributed by atoms with van der Waals surface area (Å²) in [6, 6.07) is -1.30. The van der Waals surface area contributed by atoms with Crippen molar-refractivity contribution < 1.29 is 34.6 Å². The Morgan fingerprint density at radius 3 is 1.84 bits per heavy atom. The van der Waals surface area contributed by atoms with E-state index in [4.69, 9.17) is 15.3 Å². The number of carboxylic acids is 3. The Labute approximate surface area is 108 Å². The molecule has 0 aliphatic carbocycles. The van der Waals surface area contributed by atoms with Crippen LogP contribution in [0.4, 0.5) is 0 Å². The molecule has 0 aliphatic rings. The van der Waals surface area contributed by atoms with Crippen LogP contribution in [0.3, 0.4) is 0 Å². The summed E-state index contributed by atoms with van der Waals surface area (Å²) < 4.78 is 0. The van der Waals surface area contributed by atoms with Gasteiger partial charge in [0.2, 0.25) is 6.04 Å². The zero-order chi connectivity index (χ0) is 15.0. The highest BCUT2D eigenvalue weighted by Gasteiger charge is 2.30. The summed E-state index contributed by atoms with van der Waals surface area (Å²) in [5.74, 6) is -4.87. The molecular weight excluding hydrogens is 262 g/mol. The second-order valence-corrected chi connectivity index (χ2v) is 4.07. The van der Waals surface area contributed by atoms with E-state index in [0.717, 1.165) is 0 Å². The van der Waals surface area contributed by atoms with Gasteiger partial charge >= 0.3 is 17.9 Å². The molecule has 19 heavy (non-hydrogen) atoms. The molecule has 0 heterocycles. The van der Waals surface area contributed by atoms with E-state index >= 15 is 0 Å². The highest BCUT2D eigenvalue weighted by Crippen LogP contribution is 2.19. The lowest BCUT2D eigenvalue weighted by molar-refractivity contribution is -0.525. The molecule has 0 bridgehead atoms. The third kappa shape index (κ3) is 7.68. The van der Waals surface area contributed by atoms with Gasteiger partial charge in [-0.3, -0.25) is 24.5 Å². The monoisotopic (exact) mass is 277 g/mol. The summed E-state index contributed by atoms with van der Waals surface area (Å²) in [6.45, 7) is 0. The van der Waals surface area contributed by atoms with Crippen LogP contribution in [-0.2, 0) is 14.4 Å². The Morgan fingerprint density at radius 2 is 1.47 bits per heavy atom. The summed E-state index contributed by atoms with van der Waals surface area (Å²) in [6.07, 6.45) is -1.71. The Balaban J connectivity index is 4.56. The zero-order valence-electron chi connectivity index (χ0n) is 10.0. The maximum atomic E-state index is 10.9. The van der Waals surface area contributed by atoms with Gasteiger partial charge in [0, 0.05) is 24.2 Å². The Morgan fingerprint density at radius 1 is 1.00 bits per heavy atom. The number of hydrogen-bond acceptors (Lipinski definition) is 5. The first-order chi connectivity index (χ1) is 8.73. The number of nitrogens with zero attached hydrogens (tertiary/aromatic N) is 1. The smallest absolute Gasteiger partial charge is 0.306 e. The number of aliphatic carboxylic acids is 3. The average Bonchev–Trinajstić information content (AvgIpc) is 2.26. The molecule has 0 amide bonds. The van der Waals surface area contributed by atoms with Gasteiger partial charge in [0.1, 0.15) is 0 Å². The van der Waals surface area contributed by atoms with Crippen LogP contribution >= 0.6 is 0 Å². The van der Waals surface area contributed by atoms with Gasteiger partial charge in [-0.25, -0.2) is 0 Å². The minimum absolute atomic E-state index is 0.220. The van der Waals surface area contributed by atoms with E-state index in [2.05, 4.69) is 0 Å². The van der Waals surface area contributed by atoms with Crippen molar-refractivity contribution in [3.8, 4) is 0 Å². The van der Waals surface area contributed by atoms with E-state index in [9.17, 15) is 24.5 Å². The second kappa shape index (κ2) is 8.01. The predicted octanol–water partition coefficient (Wildman–Crippen LogP) is 0.452. The molecule has 0 aromatic rings. The van der Waals surface area contributed by atoms with Crippen LogP contribution in [0, 0.1) is 16.0 Å². The third-order valence-electron chi connectivity index (χ3n) is 2.60. The van der Waals surface area contributed by atoms with Gasteiger partial charge in [-0.05, 0) is 6.42 Å². The van der Waals surface area contributed by atoms with Crippen molar-refractivity contribution in [2.45, 2.75) is 38.1 Å². The van der Waals surface area contributed by atoms with Crippen molar-refractivity contribution in [1.29, 1.82) is 0 Å². The Hall–Kier alpha value is -2.19. The molecule has 108 valence electrons. The number of hydrogen-bond donors (Lipinski definition) is 3. The maximum absolute atomic E-state index is 10.9. The molecule has 0 saturated heterocycles. The summed E-state index contributed by atoms with van der Waals surface area (Å²) in [5.41, 5.74) is 0. The Kier molecular flexibility index (Phi) is 7.08. The lowest BCUT2D eigenvalue weighted by Crippen LogP contribution is -2.28. The third-order valence-corrected chi connectivity index (χ3v) is 2.60. The van der Waals surface area contributed by atoms with E-state index in [1.165, 1.54) is 0 Å². The summed E-state index contributed by atoms with van der Waals surface area (Å²) in [7, 11) is 0. The quantitative estimate of drug-likeness (QED) is 0.384. The SMILES string of the molecule is O=C(O)CCC(CC(CCC(=O)O)[N+](=O)[O-])C(=O)O. The fourth-order valence-corrected chi connectivity index (χ4v) is 1.57. The first kappa shape index (κ1) is 16.8. The molecule has 0 rings (SSSR count). The lowest BCUT2D eigenvalue weighted by atomic mass is 9.93. The van der Waals surface area contributed by atoms with Gasteiger partial charge in [0.05, 0.1) is 12.3 Å². The highest BCUT2D eigenvalue weighted by atomic mass is 16.6. The van der Waals surface area contributed by atoms with Crippen molar-refractivity contribution >= 4 is 17.9 Å². The first-order valence-electron chi connectivity index (χ1n) is 5.54. The standard InChI is InChI=1S/C10H15NO8/c12-8(13)3-1-6(10(16)17)5-7(11(18)19)2-4-9(14)15/h6-7H,1-5H2,(H,12,13)(H,14,15)(H,16,17). The predicted molar refractivity (Wildman–Crippen MR) is 60.3 cm³/mol. The largest absolute Gasteiger partial charge is 0.481 e. The summed E-state index contributed by atoms with van der Waals surface area (Å²) in [4.78, 5) is 41.6. The Bertz CT molecular complexity index is 333. The van der Waals surface area contributed by atoms with E-state index in [0.29, 0.717) is 0 Å². The van der Waals surface area contributed by atoms with Crippen LogP contribution in [0.5, 0.6) is 0 Å². The second-order valence-electron chi connectivity index (χ2n) is 4.07. The number of nitro groups is 1. The zero-order valence-corrected chi connectivity index (χ0v) is 10.0. The van der Waals surface area contributed by atoms with Crippen LogP contribution in [-0.4, -0.2) is 44.2 Å². The van der Waals surface area contributed by atoms with Crippen LogP contribution in [0.25, 0.3) is 0 Å². The van der Waals surface area contributed by atoms with E-state index in [1.54, 1.807) is 0 Å². The number of carboxylic acid groups (broad SMARTS) is 3. The van der Waals surface area contributed by atoms with Crippen molar-refractivity contribution in [3.63, 3.8) is 0 Å². The minimum Gasteiger partial charge on any atom is -0.481 e. The molecule has 9 nitrogen and oxygen atoms in total. The molecule has 3 N–H and O–H groups in total. The van der Waals surface area contributed by atoms with Crippen LogP contribution in [0.15, 0.2) is 0 Å². The summed E-state index contributed by atoms with van der Waals surface area (Å²) >= 11 is 0. The lowest BCUT2D eigenvalue weighted by Gasteiger charge is -2.14. The van der Waals surface area contributed by atoms with Crippen molar-refractivity contribution in [2.24, 2.45) is 5.92 Å². The molecule has 0 radical (unpaired) electrons. The topological polar surface area (TPSA) is 155 Å². The average molecular weight is 277 g/mol. The van der Waals surface area contributed by atoms with Gasteiger partial charge in [-0.15, -0.1) is 0 Å². The molecule has 0 fully saturated rings. The molecule has 0 spiro atoms. The molecule has 0 saturated carbocycles. The first-order valence-corrected chi connectivity index (χ1v) is 5.54. The fourth-order valence-electron chi connectivity index (χ4n) is 1.57. The van der Waals surface area contributed by atoms with Gasteiger partial charge in [0.15, 0.2) is 0 Å². The molecule has 2 atom stereocenters. The maximum Gasteiger partial charge on any atom is 0.306 e. The minimum atomic E-state index is -1.32. The van der Waals surface area contributed by atoms with Crippen LogP contribution < -0.4 is 0 Å². The van der Waals surface area contributed by atoms with Gasteiger partial charge in [-0.1, -0.05) is 0 Å². The highest BCUT2D eigenvalue weighted by molar-refractivity contribution is 5.72. The normalized spacial score (nSPS) is 13.5. The molecular formula is C10H15NO8. The van der Waals surface area contributed by atoms with Crippen molar-refractivity contribution in [2.75, 3.05) is 0 Å². The summed E-state index contributed by atoms with van der Waals surface area (Å²) in [5, 5.41) is 36.5. The van der Waals surface area contributed by atoms with E-state index < -0.39 is 47.6 Å². The number of carbonyl (C=O) groups is 3. The number of rotatable bonds is 10. The molecule has 0 aliphatic heterocycles. The van der Waals surface area contributed by atoms with Gasteiger partial charge in [-0.2, -0.15) is 0 Å². The van der Waals surface area contributed by atoms with Crippen LogP contribution in [0.2, 0.25) is 0 Å². The van der Waals surface area contributed by atoms with E-state index in [-0.39, 0.29) is 19.3 Å². The van der Waals surface area contributed by atoms with Crippen molar-refractivity contribution in [3.05, 3.63) is 10.1 Å². The van der Waals surface area contributed by atoms with Crippen molar-refractivity contribution in [1.82, 2.24) is 0 Å². The molecule has 0 aromatic heterocycles. The van der Waals surface area contributed by atoms with Gasteiger partial charge < -0.3 is 15.3 Å². The molecule has 9 heteroatoms. The fraction of sp³-hybridized carbons (Fsp3) is 0.700.